The van der Waals surface area contributed by atoms with Crippen molar-refractivity contribution in [1.82, 2.24) is 10.2 Å². The Hall–Kier alpha value is -0.810. The van der Waals surface area contributed by atoms with Crippen molar-refractivity contribution in [3.05, 3.63) is 28.3 Å². The average molecular weight is 283 g/mol. The Morgan fingerprint density at radius 1 is 1.47 bits per heavy atom. The number of nitrogens with zero attached hydrogens (tertiary/aromatic N) is 1. The summed E-state index contributed by atoms with van der Waals surface area (Å²) in [6, 6.07) is 4.48. The minimum atomic E-state index is 0.333. The molecular formula is C14H19ClN2O2. The molecule has 0 bridgehead atoms. The largest absolute Gasteiger partial charge is 0.467 e. The van der Waals surface area contributed by atoms with Crippen LogP contribution in [0.1, 0.15) is 18.1 Å². The van der Waals surface area contributed by atoms with Crippen molar-refractivity contribution in [2.24, 2.45) is 0 Å². The van der Waals surface area contributed by atoms with E-state index in [1.807, 2.05) is 12.1 Å². The number of hydrogen-bond acceptors (Lipinski definition) is 4. The average Bonchev–Trinajstić information content (AvgIpc) is 2.38. The van der Waals surface area contributed by atoms with Crippen LogP contribution in [0.2, 0.25) is 5.02 Å². The van der Waals surface area contributed by atoms with Gasteiger partial charge in [0.15, 0.2) is 6.79 Å². The Morgan fingerprint density at radius 2 is 2.37 bits per heavy atom. The molecule has 0 radical (unpaired) electrons. The van der Waals surface area contributed by atoms with Crippen LogP contribution in [0, 0.1) is 0 Å². The lowest BCUT2D eigenvalue weighted by molar-refractivity contribution is -0.0175. The van der Waals surface area contributed by atoms with Gasteiger partial charge in [0.25, 0.3) is 0 Å². The number of benzene rings is 1. The molecule has 4 nitrogen and oxygen atoms in total. The van der Waals surface area contributed by atoms with Crippen LogP contribution < -0.4 is 10.1 Å². The molecule has 0 amide bonds. The van der Waals surface area contributed by atoms with E-state index >= 15 is 0 Å². The van der Waals surface area contributed by atoms with Gasteiger partial charge in [0, 0.05) is 48.4 Å². The molecule has 19 heavy (non-hydrogen) atoms. The predicted octanol–water partition coefficient (Wildman–Crippen LogP) is 2.00. The highest BCUT2D eigenvalue weighted by atomic mass is 35.5. The highest BCUT2D eigenvalue weighted by Gasteiger charge is 2.21. The van der Waals surface area contributed by atoms with Gasteiger partial charge in [-0.2, -0.15) is 0 Å². The van der Waals surface area contributed by atoms with E-state index in [0.717, 1.165) is 42.5 Å². The van der Waals surface area contributed by atoms with Crippen molar-refractivity contribution < 1.29 is 9.47 Å². The van der Waals surface area contributed by atoms with E-state index in [2.05, 4.69) is 17.1 Å². The van der Waals surface area contributed by atoms with E-state index < -0.39 is 0 Å². The molecule has 1 fully saturated rings. The fraction of sp³-hybridized carbons (Fsp3) is 0.571. The van der Waals surface area contributed by atoms with Gasteiger partial charge in [-0.05, 0) is 19.1 Å². The molecule has 0 aromatic heterocycles. The van der Waals surface area contributed by atoms with E-state index in [9.17, 15) is 0 Å². The zero-order valence-electron chi connectivity index (χ0n) is 11.1. The second kappa shape index (κ2) is 5.67. The fourth-order valence-electron chi connectivity index (χ4n) is 2.77. The molecule has 0 saturated carbocycles. The molecular weight excluding hydrogens is 264 g/mol. The summed E-state index contributed by atoms with van der Waals surface area (Å²) >= 11 is 6.19. The summed E-state index contributed by atoms with van der Waals surface area (Å²) in [5, 5.41) is 4.21. The molecule has 5 heteroatoms. The quantitative estimate of drug-likeness (QED) is 0.900. The molecule has 2 aliphatic heterocycles. The Morgan fingerprint density at radius 3 is 3.21 bits per heavy atom. The monoisotopic (exact) mass is 282 g/mol. The number of piperazine rings is 1. The summed E-state index contributed by atoms with van der Waals surface area (Å²) < 4.78 is 11.0. The summed E-state index contributed by atoms with van der Waals surface area (Å²) in [7, 11) is 0. The van der Waals surface area contributed by atoms with Crippen LogP contribution in [0.4, 0.5) is 0 Å². The predicted molar refractivity (Wildman–Crippen MR) is 74.5 cm³/mol. The van der Waals surface area contributed by atoms with Crippen molar-refractivity contribution in [3.8, 4) is 5.75 Å². The standard InChI is InChI=1S/C14H19ClN2O2/c1-10-6-17(3-2-16-10)7-11-4-13(15)5-12-8-18-9-19-14(11)12/h4-5,10,16H,2-3,6-9H2,1H3/t10-/m1/s1. The van der Waals surface area contributed by atoms with E-state index in [1.54, 1.807) is 0 Å². The first kappa shape index (κ1) is 13.2. The molecule has 104 valence electrons. The van der Waals surface area contributed by atoms with Crippen molar-refractivity contribution in [2.75, 3.05) is 26.4 Å². The third kappa shape index (κ3) is 3.03. The van der Waals surface area contributed by atoms with Gasteiger partial charge < -0.3 is 14.8 Å². The lowest BCUT2D eigenvalue weighted by atomic mass is 10.1. The van der Waals surface area contributed by atoms with Crippen LogP contribution in [-0.4, -0.2) is 37.4 Å². The van der Waals surface area contributed by atoms with Gasteiger partial charge in [0.1, 0.15) is 5.75 Å². The van der Waals surface area contributed by atoms with Gasteiger partial charge in [-0.25, -0.2) is 0 Å². The highest BCUT2D eigenvalue weighted by molar-refractivity contribution is 6.30. The van der Waals surface area contributed by atoms with E-state index in [-0.39, 0.29) is 0 Å². The number of fused-ring (bicyclic) bond motifs is 1. The van der Waals surface area contributed by atoms with E-state index in [4.69, 9.17) is 21.1 Å². The topological polar surface area (TPSA) is 33.7 Å². The van der Waals surface area contributed by atoms with Gasteiger partial charge in [-0.1, -0.05) is 11.6 Å². The SMILES string of the molecule is C[C@@H]1CN(Cc2cc(Cl)cc3c2OCOC3)CCN1. The van der Waals surface area contributed by atoms with Crippen molar-refractivity contribution >= 4 is 11.6 Å². The molecule has 0 unspecified atom stereocenters. The molecule has 1 atom stereocenters. The number of nitrogens with one attached hydrogen (secondary N) is 1. The van der Waals surface area contributed by atoms with Gasteiger partial charge in [-0.15, -0.1) is 0 Å². The van der Waals surface area contributed by atoms with Gasteiger partial charge in [-0.3, -0.25) is 4.90 Å². The zero-order chi connectivity index (χ0) is 13.2. The van der Waals surface area contributed by atoms with Crippen molar-refractivity contribution in [1.29, 1.82) is 0 Å². The summed E-state index contributed by atoms with van der Waals surface area (Å²) in [6.07, 6.45) is 0. The number of ether oxygens (including phenoxy) is 2. The normalized spacial score (nSPS) is 23.8. The lowest BCUT2D eigenvalue weighted by Gasteiger charge is -2.32. The van der Waals surface area contributed by atoms with E-state index in [1.165, 1.54) is 5.56 Å². The fourth-order valence-corrected chi connectivity index (χ4v) is 3.03. The minimum Gasteiger partial charge on any atom is -0.467 e. The zero-order valence-corrected chi connectivity index (χ0v) is 11.9. The number of halogens is 1. The Bertz CT molecular complexity index is 467. The van der Waals surface area contributed by atoms with Crippen LogP contribution in [0.5, 0.6) is 5.75 Å². The number of rotatable bonds is 2. The molecule has 1 aromatic rings. The summed E-state index contributed by atoms with van der Waals surface area (Å²) in [5.74, 6) is 0.960. The maximum Gasteiger partial charge on any atom is 0.189 e. The van der Waals surface area contributed by atoms with Crippen molar-refractivity contribution in [3.63, 3.8) is 0 Å². The van der Waals surface area contributed by atoms with Crippen molar-refractivity contribution in [2.45, 2.75) is 26.1 Å². The molecule has 3 rings (SSSR count). The summed E-state index contributed by atoms with van der Waals surface area (Å²) in [4.78, 5) is 2.44. The van der Waals surface area contributed by atoms with Crippen LogP contribution in [0.3, 0.4) is 0 Å². The number of hydrogen-bond donors (Lipinski definition) is 1. The van der Waals surface area contributed by atoms with Crippen LogP contribution in [0.15, 0.2) is 12.1 Å². The minimum absolute atomic E-state index is 0.333. The third-order valence-electron chi connectivity index (χ3n) is 3.60. The second-order valence-corrected chi connectivity index (χ2v) is 5.69. The summed E-state index contributed by atoms with van der Waals surface area (Å²) in [6.45, 7) is 7.16. The molecule has 0 aliphatic carbocycles. The van der Waals surface area contributed by atoms with Gasteiger partial charge in [0.05, 0.1) is 6.61 Å². The smallest absolute Gasteiger partial charge is 0.189 e. The third-order valence-corrected chi connectivity index (χ3v) is 3.82. The first-order valence-electron chi connectivity index (χ1n) is 6.70. The van der Waals surface area contributed by atoms with Gasteiger partial charge in [0.2, 0.25) is 0 Å². The molecule has 1 N–H and O–H groups in total. The molecule has 0 spiro atoms. The molecule has 2 heterocycles. The summed E-state index contributed by atoms with van der Waals surface area (Å²) in [5.41, 5.74) is 2.22. The molecule has 1 aromatic carbocycles. The van der Waals surface area contributed by atoms with Crippen LogP contribution in [0.25, 0.3) is 0 Å². The Balaban J connectivity index is 1.81. The molecule has 1 saturated heterocycles. The Kier molecular flexibility index (Phi) is 3.93. The van der Waals surface area contributed by atoms with Gasteiger partial charge >= 0.3 is 0 Å². The first-order chi connectivity index (χ1) is 9.22. The second-order valence-electron chi connectivity index (χ2n) is 5.25. The lowest BCUT2D eigenvalue weighted by Crippen LogP contribution is -2.48. The highest BCUT2D eigenvalue weighted by Crippen LogP contribution is 2.32. The van der Waals surface area contributed by atoms with E-state index in [0.29, 0.717) is 19.4 Å². The molecule has 2 aliphatic rings. The first-order valence-corrected chi connectivity index (χ1v) is 7.08. The maximum atomic E-state index is 6.19. The maximum absolute atomic E-state index is 6.19. The van der Waals surface area contributed by atoms with Crippen LogP contribution in [-0.2, 0) is 17.9 Å². The van der Waals surface area contributed by atoms with Crippen LogP contribution >= 0.6 is 11.6 Å². The Labute approximate surface area is 118 Å².